The van der Waals surface area contributed by atoms with E-state index in [2.05, 4.69) is 20.1 Å². The van der Waals surface area contributed by atoms with Gasteiger partial charge >= 0.3 is 0 Å². The van der Waals surface area contributed by atoms with Crippen LogP contribution in [0.15, 0.2) is 35.5 Å². The second-order valence-electron chi connectivity index (χ2n) is 6.84. The molecule has 1 amide bonds. The van der Waals surface area contributed by atoms with Crippen LogP contribution in [-0.4, -0.2) is 42.4 Å². The molecular formula is C19H14ClF2N5O3. The van der Waals surface area contributed by atoms with Gasteiger partial charge in [0.1, 0.15) is 18.1 Å². The van der Waals surface area contributed by atoms with E-state index in [9.17, 15) is 9.18 Å². The first-order chi connectivity index (χ1) is 14.3. The van der Waals surface area contributed by atoms with Crippen LogP contribution in [0.1, 0.15) is 16.1 Å². The Hall–Kier alpha value is -3.29. The molecule has 2 atom stereocenters. The fourth-order valence-electron chi connectivity index (χ4n) is 3.46. The monoisotopic (exact) mass is 433 g/mol. The van der Waals surface area contributed by atoms with E-state index in [0.717, 1.165) is 6.07 Å². The van der Waals surface area contributed by atoms with Crippen LogP contribution in [0.4, 0.5) is 20.2 Å². The van der Waals surface area contributed by atoms with Gasteiger partial charge in [0, 0.05) is 17.4 Å². The third-order valence-electron chi connectivity index (χ3n) is 4.97. The van der Waals surface area contributed by atoms with Crippen molar-refractivity contribution in [3.05, 3.63) is 64.0 Å². The van der Waals surface area contributed by atoms with Gasteiger partial charge in [-0.1, -0.05) is 11.6 Å². The molecule has 4 rings (SSSR count). The van der Waals surface area contributed by atoms with E-state index in [1.165, 1.54) is 24.4 Å². The number of benzene rings is 1. The van der Waals surface area contributed by atoms with Crippen LogP contribution >= 0.6 is 11.6 Å². The first kappa shape index (κ1) is 20.0. The molecule has 0 unspecified atom stereocenters. The number of aliphatic imine (C=N–C) groups is 1. The zero-order chi connectivity index (χ0) is 21.5. The van der Waals surface area contributed by atoms with Crippen molar-refractivity contribution in [1.82, 2.24) is 4.98 Å². The Bertz CT molecular complexity index is 1120. The van der Waals surface area contributed by atoms with Gasteiger partial charge in [-0.05, 0) is 24.3 Å². The van der Waals surface area contributed by atoms with Gasteiger partial charge in [0.15, 0.2) is 11.2 Å². The molecule has 11 heteroatoms. The van der Waals surface area contributed by atoms with E-state index >= 15 is 4.39 Å². The van der Waals surface area contributed by atoms with Gasteiger partial charge in [0.05, 0.1) is 24.8 Å². The number of carbonyl (C=O) groups excluding carboxylic acids is 1. The fraction of sp³-hybridized carbons (Fsp3) is 0.263. The van der Waals surface area contributed by atoms with Gasteiger partial charge in [-0.15, -0.1) is 0 Å². The molecule has 0 saturated carbocycles. The number of hydrogen-bond donors (Lipinski definition) is 2. The highest BCUT2D eigenvalue weighted by atomic mass is 35.5. The second kappa shape index (κ2) is 7.19. The van der Waals surface area contributed by atoms with Crippen LogP contribution < -0.4 is 11.1 Å². The molecule has 0 spiro atoms. The molecule has 3 heterocycles. The topological polar surface area (TPSA) is 103 Å². The van der Waals surface area contributed by atoms with Gasteiger partial charge in [-0.3, -0.25) is 9.78 Å². The number of ether oxygens (including phenoxy) is 2. The maximum Gasteiger partial charge on any atom is 0.283 e. The van der Waals surface area contributed by atoms with Crippen molar-refractivity contribution in [2.75, 3.05) is 25.1 Å². The number of amidine groups is 1. The Balaban J connectivity index is 1.70. The van der Waals surface area contributed by atoms with Crippen molar-refractivity contribution in [1.29, 1.82) is 0 Å². The Morgan fingerprint density at radius 1 is 1.33 bits per heavy atom. The largest absolute Gasteiger partial charge is 0.462 e. The lowest BCUT2D eigenvalue weighted by atomic mass is 9.78. The number of pyridine rings is 1. The smallest absolute Gasteiger partial charge is 0.283 e. The number of rotatable bonds is 3. The van der Waals surface area contributed by atoms with E-state index in [-0.39, 0.29) is 46.9 Å². The minimum atomic E-state index is -2.13. The molecular weight excluding hydrogens is 420 g/mol. The van der Waals surface area contributed by atoms with Crippen molar-refractivity contribution in [2.24, 2.45) is 10.7 Å². The van der Waals surface area contributed by atoms with Gasteiger partial charge in [-0.2, -0.15) is 0 Å². The van der Waals surface area contributed by atoms with E-state index in [0.29, 0.717) is 0 Å². The number of aromatic nitrogens is 1. The van der Waals surface area contributed by atoms with Crippen LogP contribution in [0.25, 0.3) is 4.85 Å². The molecule has 3 N–H and O–H groups in total. The Morgan fingerprint density at radius 2 is 2.13 bits per heavy atom. The lowest BCUT2D eigenvalue weighted by Crippen LogP contribution is -2.55. The number of nitrogens with zero attached hydrogens (tertiary/aromatic N) is 3. The number of hydrogen-bond acceptors (Lipinski definition) is 6. The Morgan fingerprint density at radius 3 is 2.87 bits per heavy atom. The standard InChI is InChI=1S/C19H14ClF2N5O3/c1-24-11-5-13(20)15(25-6-11)16(28)26-10-2-3-14(21)12(4-10)19-9-29-7-18(19,22)8-30-17(23)27-19/h2-6H,7-9H2,(H2,23,27)(H,26,28)/t18-,19-/m1/s1. The Labute approximate surface area is 174 Å². The van der Waals surface area contributed by atoms with Crippen LogP contribution in [-0.2, 0) is 15.0 Å². The third kappa shape index (κ3) is 3.12. The summed E-state index contributed by atoms with van der Waals surface area (Å²) in [6.07, 6.45) is 1.20. The van der Waals surface area contributed by atoms with Crippen molar-refractivity contribution < 1.29 is 23.0 Å². The molecule has 1 fully saturated rings. The van der Waals surface area contributed by atoms with Gasteiger partial charge < -0.3 is 20.5 Å². The zero-order valence-electron chi connectivity index (χ0n) is 15.3. The molecule has 30 heavy (non-hydrogen) atoms. The average Bonchev–Trinajstić information content (AvgIpc) is 3.06. The fourth-order valence-corrected chi connectivity index (χ4v) is 3.70. The first-order valence-electron chi connectivity index (χ1n) is 8.67. The molecule has 8 nitrogen and oxygen atoms in total. The van der Waals surface area contributed by atoms with Crippen LogP contribution in [0.3, 0.4) is 0 Å². The number of halogens is 3. The summed E-state index contributed by atoms with van der Waals surface area (Å²) in [5.41, 5.74) is 1.84. The summed E-state index contributed by atoms with van der Waals surface area (Å²) < 4.78 is 40.5. The Kier molecular flexibility index (Phi) is 4.80. The van der Waals surface area contributed by atoms with Crippen molar-refractivity contribution in [3.63, 3.8) is 0 Å². The second-order valence-corrected chi connectivity index (χ2v) is 7.25. The molecule has 1 saturated heterocycles. The summed E-state index contributed by atoms with van der Waals surface area (Å²) >= 11 is 6.02. The number of fused-ring (bicyclic) bond motifs is 1. The molecule has 1 aromatic heterocycles. The predicted octanol–water partition coefficient (Wildman–Crippen LogP) is 2.96. The third-order valence-corrected chi connectivity index (χ3v) is 5.26. The normalized spacial score (nSPS) is 24.9. The molecule has 2 aromatic rings. The maximum absolute atomic E-state index is 15.5. The van der Waals surface area contributed by atoms with Crippen molar-refractivity contribution in [3.8, 4) is 0 Å². The lowest BCUT2D eigenvalue weighted by Gasteiger charge is -2.38. The summed E-state index contributed by atoms with van der Waals surface area (Å²) in [6.45, 7) is 5.93. The van der Waals surface area contributed by atoms with Gasteiger partial charge in [0.2, 0.25) is 5.69 Å². The molecule has 2 aliphatic rings. The van der Waals surface area contributed by atoms with E-state index in [1.54, 1.807) is 0 Å². The number of nitrogens with two attached hydrogens (primary N) is 1. The average molecular weight is 434 g/mol. The summed E-state index contributed by atoms with van der Waals surface area (Å²) in [6, 6.07) is 4.67. The van der Waals surface area contributed by atoms with Gasteiger partial charge in [-0.25, -0.2) is 18.6 Å². The number of carbonyl (C=O) groups is 1. The summed E-state index contributed by atoms with van der Waals surface area (Å²) in [5.74, 6) is -1.42. The van der Waals surface area contributed by atoms with E-state index < -0.39 is 29.5 Å². The number of anilines is 1. The molecule has 0 aliphatic carbocycles. The van der Waals surface area contributed by atoms with E-state index in [4.69, 9.17) is 33.4 Å². The first-order valence-corrected chi connectivity index (χ1v) is 9.05. The molecule has 0 bridgehead atoms. The lowest BCUT2D eigenvalue weighted by molar-refractivity contribution is 0.00905. The number of alkyl halides is 1. The van der Waals surface area contributed by atoms with Crippen LogP contribution in [0.2, 0.25) is 5.02 Å². The number of amides is 1. The maximum atomic E-state index is 15.5. The van der Waals surface area contributed by atoms with E-state index in [1.807, 2.05) is 0 Å². The highest BCUT2D eigenvalue weighted by molar-refractivity contribution is 6.34. The quantitative estimate of drug-likeness (QED) is 0.724. The molecule has 0 radical (unpaired) electrons. The summed E-state index contributed by atoms with van der Waals surface area (Å²) in [5, 5.41) is 2.52. The molecule has 154 valence electrons. The summed E-state index contributed by atoms with van der Waals surface area (Å²) in [4.78, 5) is 23.7. The van der Waals surface area contributed by atoms with Crippen LogP contribution in [0.5, 0.6) is 0 Å². The minimum Gasteiger partial charge on any atom is -0.462 e. The summed E-state index contributed by atoms with van der Waals surface area (Å²) in [7, 11) is 0. The highest BCUT2D eigenvalue weighted by Crippen LogP contribution is 2.48. The minimum absolute atomic E-state index is 0.0179. The zero-order valence-corrected chi connectivity index (χ0v) is 16.0. The highest BCUT2D eigenvalue weighted by Gasteiger charge is 2.62. The SMILES string of the molecule is [C-]#[N+]c1cnc(C(=O)Nc2ccc(F)c([C@]34COC[C@@]3(F)COC(N)=N4)c2)c(Cl)c1. The number of nitrogens with one attached hydrogen (secondary N) is 1. The van der Waals surface area contributed by atoms with Crippen LogP contribution in [0, 0.1) is 12.4 Å². The van der Waals surface area contributed by atoms with Gasteiger partial charge in [0.25, 0.3) is 11.9 Å². The van der Waals surface area contributed by atoms with Crippen molar-refractivity contribution >= 4 is 34.9 Å². The van der Waals surface area contributed by atoms with Crippen molar-refractivity contribution in [2.45, 2.75) is 11.2 Å². The predicted molar refractivity (Wildman–Crippen MR) is 104 cm³/mol. The molecule has 1 aromatic carbocycles. The molecule has 2 aliphatic heterocycles.